The third kappa shape index (κ3) is 3.99. The van der Waals surface area contributed by atoms with Crippen LogP contribution in [0.5, 0.6) is 11.5 Å². The van der Waals surface area contributed by atoms with Gasteiger partial charge in [-0.15, -0.1) is 0 Å². The molecule has 20 heavy (non-hydrogen) atoms. The lowest BCUT2D eigenvalue weighted by Gasteiger charge is -2.16. The van der Waals surface area contributed by atoms with Gasteiger partial charge in [0.15, 0.2) is 11.5 Å². The first-order valence-corrected chi connectivity index (χ1v) is 8.42. The van der Waals surface area contributed by atoms with Gasteiger partial charge in [-0.3, -0.25) is 0 Å². The summed E-state index contributed by atoms with van der Waals surface area (Å²) < 4.78 is 13.8. The number of aliphatic carboxylic acids is 1. The molecule has 0 unspecified atom stereocenters. The number of carboxylic acid groups (broad SMARTS) is 1. The Bertz CT molecular complexity index is 557. The molecule has 1 aromatic carbocycles. The molecule has 0 fully saturated rings. The second kappa shape index (κ2) is 7.82. The van der Waals surface area contributed by atoms with Crippen LogP contribution in [0.4, 0.5) is 0 Å². The summed E-state index contributed by atoms with van der Waals surface area (Å²) >= 11 is 13.6. The van der Waals surface area contributed by atoms with Gasteiger partial charge in [-0.2, -0.15) is 0 Å². The fraction of sp³-hybridized carbons (Fsp3) is 0.250. The van der Waals surface area contributed by atoms with Crippen molar-refractivity contribution in [2.45, 2.75) is 6.42 Å². The van der Waals surface area contributed by atoms with E-state index in [-0.39, 0.29) is 18.6 Å². The van der Waals surface area contributed by atoms with Crippen LogP contribution in [-0.4, -0.2) is 24.8 Å². The Hall–Kier alpha value is -0.0500. The van der Waals surface area contributed by atoms with Crippen LogP contribution in [0.2, 0.25) is 0 Å². The molecule has 0 aliphatic heterocycles. The van der Waals surface area contributed by atoms with Gasteiger partial charge in [-0.25, -0.2) is 4.79 Å². The Morgan fingerprint density at radius 2 is 1.60 bits per heavy atom. The van der Waals surface area contributed by atoms with Gasteiger partial charge < -0.3 is 14.6 Å². The fourth-order valence-electron chi connectivity index (χ4n) is 1.29. The third-order valence-electron chi connectivity index (χ3n) is 2.34. The normalized spacial score (nSPS) is 10.2. The maximum absolute atomic E-state index is 10.7. The van der Waals surface area contributed by atoms with Crippen molar-refractivity contribution in [2.24, 2.45) is 0 Å². The number of halogens is 4. The summed E-state index contributed by atoms with van der Waals surface area (Å²) in [5.41, 5.74) is 0.0929. The van der Waals surface area contributed by atoms with Crippen molar-refractivity contribution in [1.29, 1.82) is 0 Å². The number of carboxylic acids is 1. The van der Waals surface area contributed by atoms with E-state index in [0.29, 0.717) is 20.4 Å². The van der Waals surface area contributed by atoms with Crippen LogP contribution in [0.15, 0.2) is 30.0 Å². The van der Waals surface area contributed by atoms with E-state index in [1.54, 1.807) is 0 Å². The minimum absolute atomic E-state index is 0.0929. The van der Waals surface area contributed by atoms with Crippen LogP contribution >= 0.6 is 63.7 Å². The molecule has 1 aromatic rings. The first-order valence-electron chi connectivity index (χ1n) is 5.25. The van der Waals surface area contributed by atoms with E-state index in [4.69, 9.17) is 14.6 Å². The number of hydrogen-bond donors (Lipinski definition) is 1. The second-order valence-electron chi connectivity index (χ2n) is 3.63. The lowest BCUT2D eigenvalue weighted by Crippen LogP contribution is -2.06. The van der Waals surface area contributed by atoms with Crippen molar-refractivity contribution in [2.75, 3.05) is 13.7 Å². The molecule has 0 radical (unpaired) electrons. The molecule has 1 rings (SSSR count). The molecule has 0 amide bonds. The summed E-state index contributed by atoms with van der Waals surface area (Å²) in [5.74, 6) is -0.0432. The maximum Gasteiger partial charge on any atom is 0.331 e. The highest BCUT2D eigenvalue weighted by molar-refractivity contribution is 9.15. The number of ether oxygens (including phenoxy) is 2. The van der Waals surface area contributed by atoms with Gasteiger partial charge in [0, 0.05) is 12.0 Å². The van der Waals surface area contributed by atoms with Crippen molar-refractivity contribution < 1.29 is 19.4 Å². The van der Waals surface area contributed by atoms with Gasteiger partial charge in [0.05, 0.1) is 31.6 Å². The first-order chi connectivity index (χ1) is 9.31. The number of hydrogen-bond acceptors (Lipinski definition) is 3. The zero-order chi connectivity index (χ0) is 15.4. The molecule has 1 N–H and O–H groups in total. The largest absolute Gasteiger partial charge is 0.492 e. The zero-order valence-corrected chi connectivity index (χ0v) is 16.6. The average Bonchev–Trinajstić information content (AvgIpc) is 2.41. The molecular formula is C12H10Br4O4. The van der Waals surface area contributed by atoms with Crippen LogP contribution in [0.1, 0.15) is 6.42 Å². The second-order valence-corrected chi connectivity index (χ2v) is 6.80. The Labute approximate surface area is 150 Å². The van der Waals surface area contributed by atoms with E-state index >= 15 is 0 Å². The smallest absolute Gasteiger partial charge is 0.331 e. The highest BCUT2D eigenvalue weighted by Crippen LogP contribution is 2.50. The molecule has 4 nitrogen and oxygen atoms in total. The molecule has 0 atom stereocenters. The summed E-state index contributed by atoms with van der Waals surface area (Å²) in [6.07, 6.45) is 0.218. The fourth-order valence-corrected chi connectivity index (χ4v) is 3.61. The van der Waals surface area contributed by atoms with E-state index in [0.717, 1.165) is 8.95 Å². The summed E-state index contributed by atoms with van der Waals surface area (Å²) in [5, 5.41) is 8.75. The molecule has 0 heterocycles. The van der Waals surface area contributed by atoms with E-state index in [9.17, 15) is 4.79 Å². The summed E-state index contributed by atoms with van der Waals surface area (Å²) in [6, 6.07) is 0. The Kier molecular flexibility index (Phi) is 7.03. The van der Waals surface area contributed by atoms with Crippen LogP contribution in [-0.2, 0) is 4.79 Å². The minimum atomic E-state index is -1.03. The molecule has 8 heteroatoms. The predicted molar refractivity (Wildman–Crippen MR) is 90.7 cm³/mol. The van der Waals surface area contributed by atoms with Crippen LogP contribution in [0.25, 0.3) is 0 Å². The minimum Gasteiger partial charge on any atom is -0.492 e. The van der Waals surface area contributed by atoms with Crippen LogP contribution in [0.3, 0.4) is 0 Å². The van der Waals surface area contributed by atoms with Crippen molar-refractivity contribution >= 4 is 69.7 Å². The molecule has 0 aromatic heterocycles. The first kappa shape index (κ1) is 18.0. The van der Waals surface area contributed by atoms with E-state index in [1.807, 2.05) is 0 Å². The van der Waals surface area contributed by atoms with Gasteiger partial charge in [0.25, 0.3) is 0 Å². The molecule has 110 valence electrons. The van der Waals surface area contributed by atoms with Crippen LogP contribution in [0, 0.1) is 0 Å². The standard InChI is InChI=1S/C12H10Br4O4/c1-5(12(17)18)3-4-20-11-9(16)7(14)6(13)8(15)10(11)19-2/h1,3-4H2,2H3,(H,17,18). The highest BCUT2D eigenvalue weighted by Gasteiger charge is 2.21. The molecule has 0 saturated heterocycles. The van der Waals surface area contributed by atoms with Crippen molar-refractivity contribution in [3.8, 4) is 11.5 Å². The van der Waals surface area contributed by atoms with Crippen molar-refractivity contribution in [3.63, 3.8) is 0 Å². The van der Waals surface area contributed by atoms with Gasteiger partial charge in [0.1, 0.15) is 0 Å². The summed E-state index contributed by atoms with van der Waals surface area (Å²) in [6.45, 7) is 3.63. The Morgan fingerprint density at radius 1 is 1.10 bits per heavy atom. The van der Waals surface area contributed by atoms with Crippen molar-refractivity contribution in [1.82, 2.24) is 0 Å². The third-order valence-corrected chi connectivity index (χ3v) is 7.04. The number of rotatable bonds is 6. The lowest BCUT2D eigenvalue weighted by molar-refractivity contribution is -0.132. The summed E-state index contributed by atoms with van der Waals surface area (Å²) in [7, 11) is 1.52. The van der Waals surface area contributed by atoms with Crippen molar-refractivity contribution in [3.05, 3.63) is 30.0 Å². The number of carbonyl (C=O) groups is 1. The topological polar surface area (TPSA) is 55.8 Å². The van der Waals surface area contributed by atoms with E-state index in [1.165, 1.54) is 7.11 Å². The van der Waals surface area contributed by atoms with Gasteiger partial charge in [-0.05, 0) is 63.7 Å². The monoisotopic (exact) mass is 534 g/mol. The Balaban J connectivity index is 3.00. The number of methoxy groups -OCH3 is 1. The Morgan fingerprint density at radius 3 is 2.05 bits per heavy atom. The van der Waals surface area contributed by atoms with Crippen LogP contribution < -0.4 is 9.47 Å². The quantitative estimate of drug-likeness (QED) is 0.310. The predicted octanol–water partition coefficient (Wildman–Crippen LogP) is 5.15. The molecule has 0 saturated carbocycles. The summed E-state index contributed by atoms with van der Waals surface area (Å²) in [4.78, 5) is 10.7. The van der Waals surface area contributed by atoms with Gasteiger partial charge in [0.2, 0.25) is 0 Å². The van der Waals surface area contributed by atoms with Gasteiger partial charge in [-0.1, -0.05) is 6.58 Å². The zero-order valence-electron chi connectivity index (χ0n) is 10.3. The highest BCUT2D eigenvalue weighted by atomic mass is 79.9. The molecular weight excluding hydrogens is 528 g/mol. The van der Waals surface area contributed by atoms with E-state index in [2.05, 4.69) is 70.3 Å². The number of benzene rings is 1. The lowest BCUT2D eigenvalue weighted by atomic mass is 10.2. The van der Waals surface area contributed by atoms with E-state index < -0.39 is 5.97 Å². The molecule has 0 bridgehead atoms. The SMILES string of the molecule is C=C(CCOc1c(Br)c(Br)c(Br)c(Br)c1OC)C(=O)O. The molecule has 0 aliphatic rings. The molecule has 0 aliphatic carbocycles. The average molecular weight is 538 g/mol. The maximum atomic E-state index is 10.7. The molecule has 0 spiro atoms. The van der Waals surface area contributed by atoms with Gasteiger partial charge >= 0.3 is 5.97 Å².